The molecule has 9 nitrogen and oxygen atoms in total. The summed E-state index contributed by atoms with van der Waals surface area (Å²) in [6, 6.07) is 9.80. The number of sulfonamides is 1. The van der Waals surface area contributed by atoms with Gasteiger partial charge < -0.3 is 14.6 Å². The highest BCUT2D eigenvalue weighted by Crippen LogP contribution is 2.25. The zero-order valence-corrected chi connectivity index (χ0v) is 19.6. The first-order chi connectivity index (χ1) is 15.9. The topological polar surface area (TPSA) is 103 Å². The van der Waals surface area contributed by atoms with Crippen LogP contribution >= 0.6 is 0 Å². The second-order valence-electron chi connectivity index (χ2n) is 8.42. The largest absolute Gasteiger partial charge is 0.468 e. The predicted octanol–water partition coefficient (Wildman–Crippen LogP) is 1.70. The standard InChI is InChI=1S/C23H30N4O5S/c1-18(28)25-11-13-27(14-12-25)33(30,31)20-7-4-6-19(16-20)23(29)24-17-21(22-8-5-15-32-22)26-9-2-3-10-26/h4-8,15-16,21H,2-3,9-14,17H2,1H3,(H,24,29)/t21-/m0/s1. The average Bonchev–Trinajstić information content (AvgIpc) is 3.54. The maximum absolute atomic E-state index is 13.1. The Kier molecular flexibility index (Phi) is 7.16. The molecule has 1 N–H and O–H groups in total. The van der Waals surface area contributed by atoms with E-state index in [2.05, 4.69) is 10.2 Å². The summed E-state index contributed by atoms with van der Waals surface area (Å²) in [7, 11) is -3.75. The van der Waals surface area contributed by atoms with Crippen molar-refractivity contribution in [2.24, 2.45) is 0 Å². The molecule has 0 unspecified atom stereocenters. The lowest BCUT2D eigenvalue weighted by Gasteiger charge is -2.33. The molecule has 4 rings (SSSR count). The Morgan fingerprint density at radius 3 is 2.39 bits per heavy atom. The molecule has 2 aliphatic heterocycles. The van der Waals surface area contributed by atoms with E-state index in [1.165, 1.54) is 23.4 Å². The van der Waals surface area contributed by atoms with Gasteiger partial charge in [0.25, 0.3) is 5.91 Å². The number of amides is 2. The summed E-state index contributed by atoms with van der Waals surface area (Å²) < 4.78 is 33.2. The minimum Gasteiger partial charge on any atom is -0.468 e. The molecule has 2 amide bonds. The molecule has 33 heavy (non-hydrogen) atoms. The van der Waals surface area contributed by atoms with E-state index in [0.717, 1.165) is 31.7 Å². The average molecular weight is 475 g/mol. The molecule has 0 spiro atoms. The molecule has 0 bridgehead atoms. The lowest BCUT2D eigenvalue weighted by molar-refractivity contribution is -0.129. The first kappa shape index (κ1) is 23.5. The van der Waals surface area contributed by atoms with Gasteiger partial charge in [0.1, 0.15) is 5.76 Å². The summed E-state index contributed by atoms with van der Waals surface area (Å²) >= 11 is 0. The van der Waals surface area contributed by atoms with Crippen molar-refractivity contribution in [3.05, 3.63) is 54.0 Å². The lowest BCUT2D eigenvalue weighted by atomic mass is 10.1. The highest BCUT2D eigenvalue weighted by atomic mass is 32.2. The minimum atomic E-state index is -3.75. The number of furan rings is 1. The van der Waals surface area contributed by atoms with Crippen molar-refractivity contribution < 1.29 is 22.4 Å². The third kappa shape index (κ3) is 5.29. The van der Waals surface area contributed by atoms with E-state index in [-0.39, 0.29) is 41.4 Å². The number of piperazine rings is 1. The van der Waals surface area contributed by atoms with E-state index in [4.69, 9.17) is 4.42 Å². The van der Waals surface area contributed by atoms with E-state index in [0.29, 0.717) is 19.6 Å². The van der Waals surface area contributed by atoms with E-state index in [1.54, 1.807) is 23.3 Å². The maximum atomic E-state index is 13.1. The fourth-order valence-corrected chi connectivity index (χ4v) is 5.89. The number of nitrogens with one attached hydrogen (secondary N) is 1. The zero-order valence-electron chi connectivity index (χ0n) is 18.8. The molecule has 1 atom stereocenters. The number of carbonyl (C=O) groups excluding carboxylic acids is 2. The summed E-state index contributed by atoms with van der Waals surface area (Å²) in [5.74, 6) is 0.412. The summed E-state index contributed by atoms with van der Waals surface area (Å²) in [5.41, 5.74) is 0.290. The molecular weight excluding hydrogens is 444 g/mol. The first-order valence-corrected chi connectivity index (χ1v) is 12.7. The van der Waals surface area contributed by atoms with Crippen molar-refractivity contribution in [3.63, 3.8) is 0 Å². The van der Waals surface area contributed by atoms with Crippen LogP contribution in [0.5, 0.6) is 0 Å². The van der Waals surface area contributed by atoms with E-state index >= 15 is 0 Å². The quantitative estimate of drug-likeness (QED) is 0.655. The normalized spacial score (nSPS) is 18.9. The maximum Gasteiger partial charge on any atom is 0.251 e. The Hall–Kier alpha value is -2.69. The molecule has 2 saturated heterocycles. The van der Waals surface area contributed by atoms with Gasteiger partial charge in [-0.15, -0.1) is 0 Å². The van der Waals surface area contributed by atoms with Crippen molar-refractivity contribution in [3.8, 4) is 0 Å². The second-order valence-corrected chi connectivity index (χ2v) is 10.4. The Bertz CT molecular complexity index is 1070. The first-order valence-electron chi connectivity index (χ1n) is 11.3. The van der Waals surface area contributed by atoms with E-state index in [1.807, 2.05) is 12.1 Å². The Balaban J connectivity index is 1.43. The number of likely N-dealkylation sites (tertiary alicyclic amines) is 1. The molecule has 2 aliphatic rings. The third-order valence-corrected chi connectivity index (χ3v) is 8.22. The van der Waals surface area contributed by atoms with Crippen LogP contribution in [0.15, 0.2) is 52.0 Å². The molecule has 0 aliphatic carbocycles. The molecule has 0 radical (unpaired) electrons. The molecule has 1 aromatic carbocycles. The van der Waals surface area contributed by atoms with E-state index < -0.39 is 10.0 Å². The Labute approximate surface area is 194 Å². The number of hydrogen-bond donors (Lipinski definition) is 1. The third-order valence-electron chi connectivity index (χ3n) is 6.33. The van der Waals surface area contributed by atoms with Crippen LogP contribution < -0.4 is 5.32 Å². The van der Waals surface area contributed by atoms with Crippen LogP contribution in [0.4, 0.5) is 0 Å². The SMILES string of the molecule is CC(=O)N1CCN(S(=O)(=O)c2cccc(C(=O)NC[C@@H](c3ccco3)N3CCCC3)c2)CC1. The highest BCUT2D eigenvalue weighted by molar-refractivity contribution is 7.89. The van der Waals surface area contributed by atoms with Gasteiger partial charge in [0.15, 0.2) is 0 Å². The smallest absolute Gasteiger partial charge is 0.251 e. The molecule has 1 aromatic heterocycles. The molecule has 2 fully saturated rings. The summed E-state index contributed by atoms with van der Waals surface area (Å²) in [4.78, 5) is 28.4. The van der Waals surface area contributed by atoms with Crippen molar-refractivity contribution in [1.82, 2.24) is 19.4 Å². The second kappa shape index (κ2) is 10.1. The number of carbonyl (C=O) groups is 2. The van der Waals surface area contributed by atoms with E-state index in [9.17, 15) is 18.0 Å². The molecule has 2 aromatic rings. The van der Waals surface area contributed by atoms with Crippen LogP contribution in [0.2, 0.25) is 0 Å². The van der Waals surface area contributed by atoms with Gasteiger partial charge >= 0.3 is 0 Å². The van der Waals surface area contributed by atoms with Crippen LogP contribution in [0.1, 0.15) is 41.9 Å². The van der Waals surface area contributed by atoms with Gasteiger partial charge in [0.05, 0.1) is 17.2 Å². The number of hydrogen-bond acceptors (Lipinski definition) is 6. The van der Waals surface area contributed by atoms with Crippen molar-refractivity contribution >= 4 is 21.8 Å². The molecular formula is C23H30N4O5S. The van der Waals surface area contributed by atoms with Gasteiger partial charge in [-0.2, -0.15) is 4.31 Å². The van der Waals surface area contributed by atoms with Gasteiger partial charge in [-0.25, -0.2) is 8.42 Å². The predicted molar refractivity (Wildman–Crippen MR) is 122 cm³/mol. The number of nitrogens with zero attached hydrogens (tertiary/aromatic N) is 3. The Morgan fingerprint density at radius 1 is 1.03 bits per heavy atom. The zero-order chi connectivity index (χ0) is 23.4. The number of benzene rings is 1. The van der Waals surface area contributed by atoms with Crippen molar-refractivity contribution in [2.45, 2.75) is 30.7 Å². The van der Waals surface area contributed by atoms with Gasteiger partial charge in [-0.3, -0.25) is 14.5 Å². The minimum absolute atomic E-state index is 0.0593. The summed E-state index contributed by atoms with van der Waals surface area (Å²) in [6.07, 6.45) is 3.86. The van der Waals surface area contributed by atoms with Crippen LogP contribution in [0.3, 0.4) is 0 Å². The van der Waals surface area contributed by atoms with Crippen LogP contribution in [0, 0.1) is 0 Å². The van der Waals surface area contributed by atoms with Gasteiger partial charge in [0.2, 0.25) is 15.9 Å². The lowest BCUT2D eigenvalue weighted by Crippen LogP contribution is -2.49. The van der Waals surface area contributed by atoms with Gasteiger partial charge in [0, 0.05) is 45.2 Å². The Morgan fingerprint density at radius 2 is 1.76 bits per heavy atom. The highest BCUT2D eigenvalue weighted by Gasteiger charge is 2.30. The number of rotatable bonds is 7. The van der Waals surface area contributed by atoms with Crippen molar-refractivity contribution in [2.75, 3.05) is 45.8 Å². The fourth-order valence-electron chi connectivity index (χ4n) is 4.43. The van der Waals surface area contributed by atoms with Crippen molar-refractivity contribution in [1.29, 1.82) is 0 Å². The van der Waals surface area contributed by atoms with Gasteiger partial charge in [-0.1, -0.05) is 6.07 Å². The van der Waals surface area contributed by atoms with Crippen LogP contribution in [-0.4, -0.2) is 80.2 Å². The molecule has 178 valence electrons. The fraction of sp³-hybridized carbons (Fsp3) is 0.478. The summed E-state index contributed by atoms with van der Waals surface area (Å²) in [5, 5.41) is 2.95. The van der Waals surface area contributed by atoms with Gasteiger partial charge in [-0.05, 0) is 56.3 Å². The van der Waals surface area contributed by atoms with Crippen LogP contribution in [0.25, 0.3) is 0 Å². The summed E-state index contributed by atoms with van der Waals surface area (Å²) in [6.45, 7) is 4.94. The molecule has 10 heteroatoms. The molecule has 3 heterocycles. The van der Waals surface area contributed by atoms with Crippen LogP contribution in [-0.2, 0) is 14.8 Å². The monoisotopic (exact) mass is 474 g/mol. The molecule has 0 saturated carbocycles.